The number of ether oxygens (including phenoxy) is 3. The lowest BCUT2D eigenvalue weighted by Gasteiger charge is -2.12. The van der Waals surface area contributed by atoms with E-state index in [2.05, 4.69) is 4.99 Å². The van der Waals surface area contributed by atoms with E-state index in [0.29, 0.717) is 44.8 Å². The van der Waals surface area contributed by atoms with Crippen LogP contribution >= 0.6 is 0 Å². The van der Waals surface area contributed by atoms with Gasteiger partial charge in [0, 0.05) is 13.7 Å². The third-order valence-corrected chi connectivity index (χ3v) is 3.23. The van der Waals surface area contributed by atoms with Gasteiger partial charge < -0.3 is 30.8 Å². The number of ketones is 1. The number of carboxylic acids is 1. The summed E-state index contributed by atoms with van der Waals surface area (Å²) in [6.07, 6.45) is 2.16. The molecule has 0 aromatic carbocycles. The Labute approximate surface area is 148 Å². The van der Waals surface area contributed by atoms with Crippen molar-refractivity contribution in [2.75, 3.05) is 46.7 Å². The summed E-state index contributed by atoms with van der Waals surface area (Å²) in [4.78, 5) is 27.0. The van der Waals surface area contributed by atoms with Crippen LogP contribution in [0.4, 0.5) is 0 Å². The minimum absolute atomic E-state index is 0.0299. The topological polar surface area (TPSA) is 146 Å². The van der Waals surface area contributed by atoms with Gasteiger partial charge in [0.05, 0.1) is 32.3 Å². The fraction of sp³-hybridized carbons (Fsp3) is 0.688. The molecule has 0 rings (SSSR count). The number of aliphatic carboxylic acids is 1. The third kappa shape index (κ3) is 13.0. The maximum absolute atomic E-state index is 11.8. The van der Waals surface area contributed by atoms with E-state index in [1.807, 2.05) is 0 Å². The highest BCUT2D eigenvalue weighted by Crippen LogP contribution is 2.17. The monoisotopic (exact) mass is 359 g/mol. The lowest BCUT2D eigenvalue weighted by Crippen LogP contribution is -2.23. The number of carbonyl (C=O) groups excluding carboxylic acids is 1. The summed E-state index contributed by atoms with van der Waals surface area (Å²) in [5.74, 6) is -2.06. The van der Waals surface area contributed by atoms with E-state index in [9.17, 15) is 14.7 Å². The Balaban J connectivity index is 4.21. The van der Waals surface area contributed by atoms with Crippen LogP contribution in [0.15, 0.2) is 16.6 Å². The molecule has 0 radical (unpaired) electrons. The normalized spacial score (nSPS) is 12.6. The average molecular weight is 359 g/mol. The Morgan fingerprint density at radius 2 is 1.80 bits per heavy atom. The molecule has 144 valence electrons. The van der Waals surface area contributed by atoms with E-state index in [4.69, 9.17) is 25.7 Å². The number of hydrogen-bond acceptors (Lipinski definition) is 6. The van der Waals surface area contributed by atoms with E-state index in [1.165, 1.54) is 6.08 Å². The van der Waals surface area contributed by atoms with Gasteiger partial charge in [0.15, 0.2) is 11.7 Å². The summed E-state index contributed by atoms with van der Waals surface area (Å²) < 4.78 is 15.2. The SMILES string of the molecule is COCCOCCOCC(=O)/C=C(/C)[C@@H](CCCN=C(N)N)C(=O)O. The van der Waals surface area contributed by atoms with Crippen LogP contribution in [-0.4, -0.2) is 69.5 Å². The number of nitrogens with two attached hydrogens (primary N) is 2. The lowest BCUT2D eigenvalue weighted by atomic mass is 9.94. The largest absolute Gasteiger partial charge is 0.481 e. The highest BCUT2D eigenvalue weighted by Gasteiger charge is 2.19. The summed E-state index contributed by atoms with van der Waals surface area (Å²) in [6.45, 7) is 3.45. The standard InChI is InChI=1S/C16H29N3O6/c1-12(14(15(21)22)4-3-5-19-16(17)18)10-13(20)11-25-9-8-24-7-6-23-2/h10,14H,3-9,11H2,1-2H3,(H,21,22)(H4,17,18,19)/b12-10-/t14-/m1/s1. The molecule has 0 fully saturated rings. The second-order valence-electron chi connectivity index (χ2n) is 5.35. The van der Waals surface area contributed by atoms with E-state index >= 15 is 0 Å². The molecule has 9 nitrogen and oxygen atoms in total. The van der Waals surface area contributed by atoms with Crippen molar-refractivity contribution in [2.24, 2.45) is 22.4 Å². The van der Waals surface area contributed by atoms with Gasteiger partial charge >= 0.3 is 5.97 Å². The highest BCUT2D eigenvalue weighted by atomic mass is 16.5. The first-order chi connectivity index (χ1) is 11.9. The van der Waals surface area contributed by atoms with Crippen LogP contribution in [0.2, 0.25) is 0 Å². The first kappa shape index (κ1) is 23.0. The van der Waals surface area contributed by atoms with E-state index in [0.717, 1.165) is 0 Å². The van der Waals surface area contributed by atoms with Crippen LogP contribution in [0.3, 0.4) is 0 Å². The van der Waals surface area contributed by atoms with Crippen molar-refractivity contribution in [1.82, 2.24) is 0 Å². The van der Waals surface area contributed by atoms with Crippen LogP contribution < -0.4 is 11.5 Å². The van der Waals surface area contributed by atoms with Crippen molar-refractivity contribution in [3.8, 4) is 0 Å². The molecule has 0 heterocycles. The molecule has 0 aliphatic carbocycles. The zero-order valence-corrected chi connectivity index (χ0v) is 14.9. The summed E-state index contributed by atoms with van der Waals surface area (Å²) >= 11 is 0. The number of hydrogen-bond donors (Lipinski definition) is 3. The van der Waals surface area contributed by atoms with Gasteiger partial charge in [-0.2, -0.15) is 0 Å². The summed E-state index contributed by atoms with van der Waals surface area (Å²) in [5.41, 5.74) is 10.9. The van der Waals surface area contributed by atoms with Crippen molar-refractivity contribution in [1.29, 1.82) is 0 Å². The molecule has 1 atom stereocenters. The Hall–Kier alpha value is -1.97. The zero-order valence-electron chi connectivity index (χ0n) is 14.9. The number of nitrogens with zero attached hydrogens (tertiary/aromatic N) is 1. The van der Waals surface area contributed by atoms with Crippen molar-refractivity contribution in [3.63, 3.8) is 0 Å². The van der Waals surface area contributed by atoms with Crippen molar-refractivity contribution >= 4 is 17.7 Å². The summed E-state index contributed by atoms with van der Waals surface area (Å²) in [6, 6.07) is 0. The Kier molecular flexibility index (Phi) is 13.2. The Bertz CT molecular complexity index is 461. The smallest absolute Gasteiger partial charge is 0.310 e. The summed E-state index contributed by atoms with van der Waals surface area (Å²) in [7, 11) is 1.58. The Morgan fingerprint density at radius 3 is 2.40 bits per heavy atom. The Morgan fingerprint density at radius 1 is 1.16 bits per heavy atom. The zero-order chi connectivity index (χ0) is 19.1. The molecule has 0 aliphatic heterocycles. The maximum atomic E-state index is 11.8. The fourth-order valence-electron chi connectivity index (χ4n) is 1.98. The molecule has 0 aromatic heterocycles. The predicted molar refractivity (Wildman–Crippen MR) is 93.3 cm³/mol. The molecular formula is C16H29N3O6. The van der Waals surface area contributed by atoms with Crippen LogP contribution in [0.5, 0.6) is 0 Å². The number of carbonyl (C=O) groups is 2. The van der Waals surface area contributed by atoms with Gasteiger partial charge in [-0.3, -0.25) is 14.6 Å². The molecule has 0 aliphatic rings. The number of rotatable bonds is 15. The second-order valence-corrected chi connectivity index (χ2v) is 5.35. The van der Waals surface area contributed by atoms with E-state index in [-0.39, 0.29) is 25.0 Å². The molecule has 0 amide bonds. The molecule has 0 bridgehead atoms. The molecule has 0 aromatic rings. The van der Waals surface area contributed by atoms with Crippen LogP contribution in [0.25, 0.3) is 0 Å². The van der Waals surface area contributed by atoms with Crippen molar-refractivity contribution < 1.29 is 28.9 Å². The quantitative estimate of drug-likeness (QED) is 0.159. The number of aliphatic imine (C=N–C) groups is 1. The van der Waals surface area contributed by atoms with E-state index < -0.39 is 11.9 Å². The molecule has 0 unspecified atom stereocenters. The first-order valence-electron chi connectivity index (χ1n) is 8.02. The minimum Gasteiger partial charge on any atom is -0.481 e. The lowest BCUT2D eigenvalue weighted by molar-refractivity contribution is -0.140. The van der Waals surface area contributed by atoms with Gasteiger partial charge in [-0.05, 0) is 25.8 Å². The number of methoxy groups -OCH3 is 1. The minimum atomic E-state index is -0.987. The van der Waals surface area contributed by atoms with Crippen molar-refractivity contribution in [2.45, 2.75) is 19.8 Å². The van der Waals surface area contributed by atoms with Crippen LogP contribution in [0.1, 0.15) is 19.8 Å². The molecule has 9 heteroatoms. The van der Waals surface area contributed by atoms with Gasteiger partial charge in [0.25, 0.3) is 0 Å². The first-order valence-corrected chi connectivity index (χ1v) is 8.02. The molecule has 0 spiro atoms. The average Bonchev–Trinajstić information content (AvgIpc) is 2.53. The maximum Gasteiger partial charge on any atom is 0.310 e. The van der Waals surface area contributed by atoms with Gasteiger partial charge in [0.2, 0.25) is 0 Å². The van der Waals surface area contributed by atoms with Gasteiger partial charge in [0.1, 0.15) is 6.61 Å². The second kappa shape index (κ2) is 14.4. The molecule has 0 saturated heterocycles. The van der Waals surface area contributed by atoms with Crippen LogP contribution in [0, 0.1) is 5.92 Å². The number of carboxylic acid groups (broad SMARTS) is 1. The summed E-state index contributed by atoms with van der Waals surface area (Å²) in [5, 5.41) is 9.29. The van der Waals surface area contributed by atoms with Crippen LogP contribution in [-0.2, 0) is 23.8 Å². The third-order valence-electron chi connectivity index (χ3n) is 3.23. The van der Waals surface area contributed by atoms with Gasteiger partial charge in [-0.25, -0.2) is 0 Å². The predicted octanol–water partition coefficient (Wildman–Crippen LogP) is -0.0642. The molecule has 0 saturated carbocycles. The molecular weight excluding hydrogens is 330 g/mol. The van der Waals surface area contributed by atoms with Gasteiger partial charge in [-0.1, -0.05) is 5.57 Å². The fourth-order valence-corrected chi connectivity index (χ4v) is 1.98. The van der Waals surface area contributed by atoms with Crippen molar-refractivity contribution in [3.05, 3.63) is 11.6 Å². The molecule has 5 N–H and O–H groups in total. The highest BCUT2D eigenvalue weighted by molar-refractivity contribution is 5.92. The van der Waals surface area contributed by atoms with Gasteiger partial charge in [-0.15, -0.1) is 0 Å². The van der Waals surface area contributed by atoms with E-state index in [1.54, 1.807) is 14.0 Å². The molecule has 25 heavy (non-hydrogen) atoms. The number of guanidine groups is 1.